The number of aliphatic hydroxyl groups excluding tert-OH is 1. The van der Waals surface area contributed by atoms with E-state index in [0.29, 0.717) is 11.1 Å². The number of hydrogen-bond acceptors (Lipinski definition) is 7. The van der Waals surface area contributed by atoms with E-state index in [1.807, 2.05) is 48.5 Å². The predicted octanol–water partition coefficient (Wildman–Crippen LogP) is -0.0530. The van der Waals surface area contributed by atoms with Crippen molar-refractivity contribution in [2.75, 3.05) is 0 Å². The zero-order chi connectivity index (χ0) is 32.7. The number of amides is 4. The summed E-state index contributed by atoms with van der Waals surface area (Å²) in [6, 6.07) is 9.42. The molecule has 5 atom stereocenters. The van der Waals surface area contributed by atoms with Crippen LogP contribution in [-0.2, 0) is 36.8 Å². The molecule has 45 heavy (non-hydrogen) atoms. The Kier molecular flexibility index (Phi) is 10.5. The van der Waals surface area contributed by atoms with Gasteiger partial charge in [-0.2, -0.15) is 0 Å². The van der Waals surface area contributed by atoms with Gasteiger partial charge in [-0.3, -0.25) is 19.2 Å². The lowest BCUT2D eigenvalue weighted by Gasteiger charge is -2.25. The second-order valence-electron chi connectivity index (χ2n) is 10.9. The summed E-state index contributed by atoms with van der Waals surface area (Å²) in [5.74, 6) is -4.44. The number of aromatic amines is 2. The van der Waals surface area contributed by atoms with Gasteiger partial charge in [-0.25, -0.2) is 4.79 Å². The van der Waals surface area contributed by atoms with Crippen molar-refractivity contribution in [2.24, 2.45) is 11.5 Å². The predicted molar refractivity (Wildman–Crippen MR) is 166 cm³/mol. The lowest BCUT2D eigenvalue weighted by Crippen LogP contribution is -2.59. The van der Waals surface area contributed by atoms with Crippen LogP contribution in [0.2, 0.25) is 0 Å². The molecule has 2 aromatic heterocycles. The van der Waals surface area contributed by atoms with E-state index in [-0.39, 0.29) is 25.7 Å². The van der Waals surface area contributed by atoms with Gasteiger partial charge in [-0.05, 0) is 36.6 Å². The Bertz CT molecular complexity index is 1700. The second kappa shape index (κ2) is 14.5. The van der Waals surface area contributed by atoms with Gasteiger partial charge in [0.05, 0.1) is 6.10 Å². The van der Waals surface area contributed by atoms with E-state index in [1.54, 1.807) is 12.4 Å². The standard InChI is InChI=1S/C31H37N7O7/c1-16(39)27(33)30(43)38-25(13-18-15-35-22-9-5-3-7-20(18)22)29(42)37-24(12-17-14-34-21-8-4-2-6-19(17)21)28(41)36-23(31(44)45)10-11-26(32)40/h2-9,14-16,23-25,27,34-35,39H,10-13,33H2,1H3,(H2,32,40)(H,36,41)(H,37,42)(H,38,43)(H,44,45). The van der Waals surface area contributed by atoms with Crippen LogP contribution in [0.25, 0.3) is 21.8 Å². The molecule has 14 heteroatoms. The molecule has 14 nitrogen and oxygen atoms in total. The number of aliphatic carboxylic acids is 1. The van der Waals surface area contributed by atoms with Gasteiger partial charge in [-0.15, -0.1) is 0 Å². The highest BCUT2D eigenvalue weighted by Crippen LogP contribution is 2.21. The minimum absolute atomic E-state index is 0.00586. The summed E-state index contributed by atoms with van der Waals surface area (Å²) in [6.07, 6.45) is 1.63. The SMILES string of the molecule is CC(O)C(N)C(=O)NC(Cc1c[nH]c2ccccc12)C(=O)NC(Cc1c[nH]c2ccccc12)C(=O)NC(CCC(N)=O)C(=O)O. The molecule has 2 aromatic carbocycles. The van der Waals surface area contributed by atoms with Crippen molar-refractivity contribution < 1.29 is 34.2 Å². The summed E-state index contributed by atoms with van der Waals surface area (Å²) in [6.45, 7) is 1.34. The van der Waals surface area contributed by atoms with Crippen molar-refractivity contribution in [1.29, 1.82) is 0 Å². The molecule has 0 spiro atoms. The van der Waals surface area contributed by atoms with Gasteiger partial charge in [0.1, 0.15) is 24.2 Å². The third-order valence-corrected chi connectivity index (χ3v) is 7.58. The molecule has 2 heterocycles. The molecular weight excluding hydrogens is 582 g/mol. The average Bonchev–Trinajstić information content (AvgIpc) is 3.61. The second-order valence-corrected chi connectivity index (χ2v) is 10.9. The fourth-order valence-corrected chi connectivity index (χ4v) is 5.03. The summed E-state index contributed by atoms with van der Waals surface area (Å²) in [4.78, 5) is 69.7. The van der Waals surface area contributed by atoms with E-state index in [4.69, 9.17) is 11.5 Å². The fourth-order valence-electron chi connectivity index (χ4n) is 5.03. The van der Waals surface area contributed by atoms with Gasteiger partial charge < -0.3 is 47.6 Å². The number of carbonyl (C=O) groups is 5. The van der Waals surface area contributed by atoms with E-state index < -0.39 is 59.9 Å². The summed E-state index contributed by atoms with van der Waals surface area (Å²) in [7, 11) is 0. The number of para-hydroxylation sites is 2. The zero-order valence-corrected chi connectivity index (χ0v) is 24.6. The van der Waals surface area contributed by atoms with Crippen LogP contribution >= 0.6 is 0 Å². The molecule has 0 aliphatic heterocycles. The number of carboxylic acids is 1. The van der Waals surface area contributed by atoms with Crippen LogP contribution in [-0.4, -0.2) is 80.1 Å². The highest BCUT2D eigenvalue weighted by Gasteiger charge is 2.32. The fraction of sp³-hybridized carbons (Fsp3) is 0.323. The molecule has 4 aromatic rings. The number of carbonyl (C=O) groups excluding carboxylic acids is 4. The molecule has 5 unspecified atom stereocenters. The highest BCUT2D eigenvalue weighted by molar-refractivity contribution is 5.95. The maximum absolute atomic E-state index is 13.9. The summed E-state index contributed by atoms with van der Waals surface area (Å²) >= 11 is 0. The van der Waals surface area contributed by atoms with E-state index in [9.17, 15) is 34.2 Å². The number of aromatic nitrogens is 2. The van der Waals surface area contributed by atoms with Gasteiger partial charge in [0, 0.05) is 53.5 Å². The van der Waals surface area contributed by atoms with Gasteiger partial charge in [0.2, 0.25) is 23.6 Å². The van der Waals surface area contributed by atoms with E-state index in [0.717, 1.165) is 21.8 Å². The summed E-state index contributed by atoms with van der Waals surface area (Å²) in [5.41, 5.74) is 14.0. The van der Waals surface area contributed by atoms with Crippen LogP contribution in [0.1, 0.15) is 30.9 Å². The van der Waals surface area contributed by atoms with Crippen molar-refractivity contribution in [2.45, 2.75) is 62.9 Å². The molecule has 0 saturated carbocycles. The number of fused-ring (bicyclic) bond motifs is 2. The molecule has 11 N–H and O–H groups in total. The third-order valence-electron chi connectivity index (χ3n) is 7.58. The Morgan fingerprint density at radius 1 is 0.756 bits per heavy atom. The maximum Gasteiger partial charge on any atom is 0.326 e. The molecule has 0 bridgehead atoms. The molecule has 0 radical (unpaired) electrons. The smallest absolute Gasteiger partial charge is 0.326 e. The van der Waals surface area contributed by atoms with Crippen LogP contribution in [0.3, 0.4) is 0 Å². The van der Waals surface area contributed by atoms with E-state index in [2.05, 4.69) is 25.9 Å². The number of hydrogen-bond donors (Lipinski definition) is 9. The first-order valence-corrected chi connectivity index (χ1v) is 14.4. The maximum atomic E-state index is 13.9. The summed E-state index contributed by atoms with van der Waals surface area (Å²) < 4.78 is 0. The Hall–Kier alpha value is -5.21. The first kappa shape index (κ1) is 32.7. The van der Waals surface area contributed by atoms with Crippen LogP contribution in [0.4, 0.5) is 0 Å². The Morgan fingerprint density at radius 3 is 1.64 bits per heavy atom. The minimum atomic E-state index is -1.45. The average molecular weight is 620 g/mol. The molecule has 0 aliphatic carbocycles. The number of H-pyrrole nitrogens is 2. The molecule has 4 rings (SSSR count). The Labute approximate surface area is 257 Å². The number of carboxylic acid groups (broad SMARTS) is 1. The van der Waals surface area contributed by atoms with Crippen LogP contribution in [0, 0.1) is 0 Å². The number of rotatable bonds is 15. The Morgan fingerprint density at radius 2 is 1.20 bits per heavy atom. The topological polar surface area (TPSA) is 246 Å². The first-order chi connectivity index (χ1) is 21.4. The molecule has 0 aliphatic rings. The molecule has 4 amide bonds. The monoisotopic (exact) mass is 619 g/mol. The van der Waals surface area contributed by atoms with Crippen molar-refractivity contribution in [3.63, 3.8) is 0 Å². The lowest BCUT2D eigenvalue weighted by molar-refractivity contribution is -0.142. The van der Waals surface area contributed by atoms with Gasteiger partial charge in [-0.1, -0.05) is 36.4 Å². The zero-order valence-electron chi connectivity index (χ0n) is 24.6. The molecular formula is C31H37N7O7. The third kappa shape index (κ3) is 8.25. The van der Waals surface area contributed by atoms with Crippen LogP contribution in [0.15, 0.2) is 60.9 Å². The van der Waals surface area contributed by atoms with Gasteiger partial charge in [0.15, 0.2) is 0 Å². The van der Waals surface area contributed by atoms with E-state index in [1.165, 1.54) is 6.92 Å². The highest BCUT2D eigenvalue weighted by atomic mass is 16.4. The van der Waals surface area contributed by atoms with Gasteiger partial charge >= 0.3 is 5.97 Å². The van der Waals surface area contributed by atoms with Gasteiger partial charge in [0.25, 0.3) is 0 Å². The van der Waals surface area contributed by atoms with Crippen LogP contribution < -0.4 is 27.4 Å². The minimum Gasteiger partial charge on any atom is -0.480 e. The number of primary amides is 1. The van der Waals surface area contributed by atoms with E-state index >= 15 is 0 Å². The van der Waals surface area contributed by atoms with Crippen molar-refractivity contribution >= 4 is 51.4 Å². The van der Waals surface area contributed by atoms with Crippen LogP contribution in [0.5, 0.6) is 0 Å². The number of benzene rings is 2. The molecule has 0 saturated heterocycles. The number of nitrogens with one attached hydrogen (secondary N) is 5. The lowest BCUT2D eigenvalue weighted by atomic mass is 10.0. The Balaban J connectivity index is 1.64. The molecule has 238 valence electrons. The van der Waals surface area contributed by atoms with Crippen molar-refractivity contribution in [3.05, 3.63) is 72.1 Å². The summed E-state index contributed by atoms with van der Waals surface area (Å²) in [5, 5.41) is 28.8. The number of aliphatic hydroxyl groups is 1. The van der Waals surface area contributed by atoms with Crippen molar-refractivity contribution in [3.8, 4) is 0 Å². The number of nitrogens with two attached hydrogens (primary N) is 2. The molecule has 0 fully saturated rings. The van der Waals surface area contributed by atoms with Crippen molar-refractivity contribution in [1.82, 2.24) is 25.9 Å². The quantitative estimate of drug-likeness (QED) is 0.0871. The normalized spacial score (nSPS) is 14.6. The largest absolute Gasteiger partial charge is 0.480 e. The first-order valence-electron chi connectivity index (χ1n) is 14.4.